The van der Waals surface area contributed by atoms with Crippen molar-refractivity contribution in [1.82, 2.24) is 10.2 Å². The Morgan fingerprint density at radius 1 is 1.07 bits per heavy atom. The van der Waals surface area contributed by atoms with Gasteiger partial charge < -0.3 is 5.32 Å². The lowest BCUT2D eigenvalue weighted by Gasteiger charge is -2.26. The van der Waals surface area contributed by atoms with Crippen LogP contribution in [-0.2, 0) is 17.9 Å². The van der Waals surface area contributed by atoms with Crippen LogP contribution in [0.2, 0.25) is 0 Å². The minimum Gasteiger partial charge on any atom is -0.351 e. The molecule has 0 radical (unpaired) electrons. The maximum Gasteiger partial charge on any atom is 0.233 e. The molecular weight excluding hydrogens is 352 g/mol. The topological polar surface area (TPSA) is 32.3 Å². The Labute approximate surface area is 167 Å². The Kier molecular flexibility index (Phi) is 7.36. The molecule has 2 aromatic rings. The normalized spacial score (nSPS) is 16.1. The maximum absolute atomic E-state index is 12.4. The third kappa shape index (κ3) is 6.40. The van der Waals surface area contributed by atoms with E-state index in [1.165, 1.54) is 49.0 Å². The summed E-state index contributed by atoms with van der Waals surface area (Å²) < 4.78 is 0. The number of nitrogens with one attached hydrogen (secondary N) is 1. The summed E-state index contributed by atoms with van der Waals surface area (Å²) in [4.78, 5) is 16.1. The average molecular weight is 383 g/mol. The van der Waals surface area contributed by atoms with Crippen molar-refractivity contribution in [2.45, 2.75) is 56.3 Å². The highest BCUT2D eigenvalue weighted by molar-refractivity contribution is 8.00. The molecule has 1 heterocycles. The van der Waals surface area contributed by atoms with E-state index in [9.17, 15) is 4.79 Å². The molecule has 0 aromatic heterocycles. The molecule has 1 aliphatic rings. The van der Waals surface area contributed by atoms with Crippen LogP contribution in [0.25, 0.3) is 0 Å². The van der Waals surface area contributed by atoms with Crippen LogP contribution in [0, 0.1) is 6.92 Å². The fraction of sp³-hybridized carbons (Fsp3) is 0.435. The molecule has 1 atom stereocenters. The van der Waals surface area contributed by atoms with E-state index < -0.39 is 0 Å². The minimum absolute atomic E-state index is 0.0852. The van der Waals surface area contributed by atoms with Crippen LogP contribution >= 0.6 is 11.8 Å². The minimum atomic E-state index is -0.107. The average Bonchev–Trinajstić information content (AvgIpc) is 2.69. The molecular formula is C23H30N2OS. The molecule has 1 saturated heterocycles. The van der Waals surface area contributed by atoms with Gasteiger partial charge in [-0.25, -0.2) is 0 Å². The van der Waals surface area contributed by atoms with E-state index in [-0.39, 0.29) is 11.2 Å². The van der Waals surface area contributed by atoms with Gasteiger partial charge >= 0.3 is 0 Å². The Hall–Kier alpha value is -1.78. The van der Waals surface area contributed by atoms with E-state index in [0.717, 1.165) is 11.4 Å². The monoisotopic (exact) mass is 382 g/mol. The van der Waals surface area contributed by atoms with Crippen LogP contribution in [0.1, 0.15) is 42.9 Å². The van der Waals surface area contributed by atoms with Gasteiger partial charge in [-0.05, 0) is 63.0 Å². The standard InChI is InChI=1S/C23H30N2OS/c1-18-9-11-22(12-10-18)27-19(2)23(26)24-16-20-7-6-8-21(15-20)17-25-13-4-3-5-14-25/h6-12,15,19H,3-5,13-14,16-17H2,1-2H3,(H,24,26). The first kappa shape index (κ1) is 20.0. The summed E-state index contributed by atoms with van der Waals surface area (Å²) in [5.74, 6) is 0.0852. The number of amides is 1. The zero-order chi connectivity index (χ0) is 19.1. The van der Waals surface area contributed by atoms with Gasteiger partial charge in [0.05, 0.1) is 5.25 Å². The van der Waals surface area contributed by atoms with Crippen molar-refractivity contribution in [2.24, 2.45) is 0 Å². The molecule has 144 valence electrons. The molecule has 1 unspecified atom stereocenters. The Bertz CT molecular complexity index is 738. The predicted molar refractivity (Wildman–Crippen MR) is 114 cm³/mol. The van der Waals surface area contributed by atoms with Gasteiger partial charge in [-0.15, -0.1) is 11.8 Å². The molecule has 0 aliphatic carbocycles. The fourth-order valence-electron chi connectivity index (χ4n) is 3.42. The molecule has 1 amide bonds. The summed E-state index contributed by atoms with van der Waals surface area (Å²) in [6, 6.07) is 16.9. The smallest absolute Gasteiger partial charge is 0.233 e. The first-order chi connectivity index (χ1) is 13.1. The number of carbonyl (C=O) groups is 1. The second-order valence-corrected chi connectivity index (χ2v) is 8.86. The van der Waals surface area contributed by atoms with Crippen LogP contribution in [0.3, 0.4) is 0 Å². The lowest BCUT2D eigenvalue weighted by Crippen LogP contribution is -2.30. The first-order valence-electron chi connectivity index (χ1n) is 9.91. The molecule has 0 saturated carbocycles. The quantitative estimate of drug-likeness (QED) is 0.700. The van der Waals surface area contributed by atoms with Crippen LogP contribution < -0.4 is 5.32 Å². The van der Waals surface area contributed by atoms with Crippen molar-refractivity contribution in [2.75, 3.05) is 13.1 Å². The van der Waals surface area contributed by atoms with Crippen LogP contribution in [0.15, 0.2) is 53.4 Å². The number of likely N-dealkylation sites (tertiary alicyclic amines) is 1. The van der Waals surface area contributed by atoms with Crippen molar-refractivity contribution < 1.29 is 4.79 Å². The summed E-state index contributed by atoms with van der Waals surface area (Å²) in [6.07, 6.45) is 3.99. The Morgan fingerprint density at radius 2 is 1.78 bits per heavy atom. The van der Waals surface area contributed by atoms with Gasteiger partial charge in [-0.1, -0.05) is 48.4 Å². The SMILES string of the molecule is Cc1ccc(SC(C)C(=O)NCc2cccc(CN3CCCCC3)c2)cc1. The van der Waals surface area contributed by atoms with Gasteiger partial charge in [0, 0.05) is 18.0 Å². The first-order valence-corrected chi connectivity index (χ1v) is 10.8. The molecule has 3 rings (SSSR count). The highest BCUT2D eigenvalue weighted by Crippen LogP contribution is 2.23. The number of rotatable bonds is 7. The highest BCUT2D eigenvalue weighted by Gasteiger charge is 2.14. The van der Waals surface area contributed by atoms with Gasteiger partial charge in [0.2, 0.25) is 5.91 Å². The molecule has 1 N–H and O–H groups in total. The van der Waals surface area contributed by atoms with Crippen molar-refractivity contribution in [1.29, 1.82) is 0 Å². The predicted octanol–water partition coefficient (Wildman–Crippen LogP) is 4.78. The molecule has 3 nitrogen and oxygen atoms in total. The summed E-state index contributed by atoms with van der Waals surface area (Å²) in [7, 11) is 0. The number of aryl methyl sites for hydroxylation is 1. The van der Waals surface area contributed by atoms with E-state index in [0.29, 0.717) is 6.54 Å². The molecule has 27 heavy (non-hydrogen) atoms. The van der Waals surface area contributed by atoms with Crippen molar-refractivity contribution >= 4 is 17.7 Å². The molecule has 0 bridgehead atoms. The number of hydrogen-bond acceptors (Lipinski definition) is 3. The second-order valence-electron chi connectivity index (χ2n) is 7.45. The molecule has 2 aromatic carbocycles. The summed E-state index contributed by atoms with van der Waals surface area (Å²) >= 11 is 1.60. The van der Waals surface area contributed by atoms with Gasteiger partial charge in [-0.2, -0.15) is 0 Å². The number of thioether (sulfide) groups is 1. The lowest BCUT2D eigenvalue weighted by atomic mass is 10.1. The Balaban J connectivity index is 1.49. The largest absolute Gasteiger partial charge is 0.351 e. The third-order valence-electron chi connectivity index (χ3n) is 5.02. The summed E-state index contributed by atoms with van der Waals surface area (Å²) in [6.45, 7) is 8.05. The van der Waals surface area contributed by atoms with Crippen LogP contribution in [-0.4, -0.2) is 29.1 Å². The highest BCUT2D eigenvalue weighted by atomic mass is 32.2. The van der Waals surface area contributed by atoms with Crippen molar-refractivity contribution in [3.63, 3.8) is 0 Å². The van der Waals surface area contributed by atoms with Gasteiger partial charge in [-0.3, -0.25) is 9.69 Å². The number of nitrogens with zero attached hydrogens (tertiary/aromatic N) is 1. The molecule has 0 spiro atoms. The van der Waals surface area contributed by atoms with Gasteiger partial charge in [0.1, 0.15) is 0 Å². The summed E-state index contributed by atoms with van der Waals surface area (Å²) in [5.41, 5.74) is 3.75. The van der Waals surface area contributed by atoms with Gasteiger partial charge in [0.25, 0.3) is 0 Å². The van der Waals surface area contributed by atoms with E-state index in [1.54, 1.807) is 11.8 Å². The second kappa shape index (κ2) is 9.95. The fourth-order valence-corrected chi connectivity index (χ4v) is 4.31. The number of carbonyl (C=O) groups excluding carboxylic acids is 1. The molecule has 1 fully saturated rings. The van der Waals surface area contributed by atoms with Crippen molar-refractivity contribution in [3.8, 4) is 0 Å². The van der Waals surface area contributed by atoms with Crippen LogP contribution in [0.5, 0.6) is 0 Å². The zero-order valence-corrected chi connectivity index (χ0v) is 17.2. The zero-order valence-electron chi connectivity index (χ0n) is 16.4. The van der Waals surface area contributed by atoms with Crippen molar-refractivity contribution in [3.05, 3.63) is 65.2 Å². The number of piperidine rings is 1. The van der Waals surface area contributed by atoms with Gasteiger partial charge in [0.15, 0.2) is 0 Å². The molecule has 1 aliphatic heterocycles. The Morgan fingerprint density at radius 3 is 2.52 bits per heavy atom. The summed E-state index contributed by atoms with van der Waals surface area (Å²) in [5, 5.41) is 2.98. The molecule has 4 heteroatoms. The van der Waals surface area contributed by atoms with E-state index in [2.05, 4.69) is 65.7 Å². The third-order valence-corrected chi connectivity index (χ3v) is 6.13. The van der Waals surface area contributed by atoms with Crippen LogP contribution in [0.4, 0.5) is 0 Å². The lowest BCUT2D eigenvalue weighted by molar-refractivity contribution is -0.120. The van der Waals surface area contributed by atoms with E-state index >= 15 is 0 Å². The number of hydrogen-bond donors (Lipinski definition) is 1. The van der Waals surface area contributed by atoms with E-state index in [4.69, 9.17) is 0 Å². The maximum atomic E-state index is 12.4. The number of benzene rings is 2. The van der Waals surface area contributed by atoms with E-state index in [1.807, 2.05) is 6.92 Å².